The second-order valence-corrected chi connectivity index (χ2v) is 4.13. The Hall–Kier alpha value is -1.14. The summed E-state index contributed by atoms with van der Waals surface area (Å²) in [6.07, 6.45) is 0.421. The molecule has 6 nitrogen and oxygen atoms in total. The van der Waals surface area contributed by atoms with Gasteiger partial charge < -0.3 is 20.9 Å². The van der Waals surface area contributed by atoms with E-state index in [0.29, 0.717) is 26.2 Å². The van der Waals surface area contributed by atoms with Crippen LogP contribution in [0.1, 0.15) is 13.3 Å². The number of nitrogens with one attached hydrogen (secondary N) is 1. The minimum Gasteiger partial charge on any atom is -0.481 e. The van der Waals surface area contributed by atoms with E-state index in [4.69, 9.17) is 15.6 Å². The largest absolute Gasteiger partial charge is 0.481 e. The molecule has 1 rings (SSSR count). The third-order valence-electron chi connectivity index (χ3n) is 2.76. The fraction of sp³-hybridized carbons (Fsp3) is 0.800. The number of nitrogens with two attached hydrogens (primary N) is 1. The molecule has 0 aromatic heterocycles. The first-order valence-electron chi connectivity index (χ1n) is 5.36. The number of rotatable bonds is 5. The third-order valence-corrected chi connectivity index (χ3v) is 2.76. The van der Waals surface area contributed by atoms with Crippen LogP contribution in [-0.4, -0.2) is 42.8 Å². The third kappa shape index (κ3) is 3.46. The SMILES string of the molecule is CC(CCNC(=O)C1COCC1N)C(=O)O. The minimum atomic E-state index is -0.852. The normalized spacial score (nSPS) is 26.4. The van der Waals surface area contributed by atoms with Crippen LogP contribution >= 0.6 is 0 Å². The molecule has 0 bridgehead atoms. The number of carboxylic acid groups (broad SMARTS) is 1. The molecule has 0 radical (unpaired) electrons. The highest BCUT2D eigenvalue weighted by Gasteiger charge is 2.31. The molecule has 0 saturated carbocycles. The molecule has 1 aliphatic heterocycles. The number of aliphatic carboxylic acids is 1. The Bertz CT molecular complexity index is 270. The van der Waals surface area contributed by atoms with Crippen LogP contribution in [0.3, 0.4) is 0 Å². The lowest BCUT2D eigenvalue weighted by molar-refractivity contribution is -0.141. The van der Waals surface area contributed by atoms with Gasteiger partial charge in [0.15, 0.2) is 0 Å². The molecule has 1 aliphatic rings. The van der Waals surface area contributed by atoms with Crippen LogP contribution in [0.25, 0.3) is 0 Å². The second kappa shape index (κ2) is 5.81. The molecule has 1 saturated heterocycles. The van der Waals surface area contributed by atoms with Gasteiger partial charge in [0.2, 0.25) is 5.91 Å². The Morgan fingerprint density at radius 1 is 1.56 bits per heavy atom. The first kappa shape index (κ1) is 12.9. The summed E-state index contributed by atoms with van der Waals surface area (Å²) < 4.78 is 5.08. The molecule has 4 N–H and O–H groups in total. The molecule has 92 valence electrons. The molecule has 1 amide bonds. The summed E-state index contributed by atoms with van der Waals surface area (Å²) in [4.78, 5) is 22.1. The number of carbonyl (C=O) groups excluding carboxylic acids is 1. The maximum atomic E-state index is 11.6. The van der Waals surface area contributed by atoms with E-state index >= 15 is 0 Å². The summed E-state index contributed by atoms with van der Waals surface area (Å²) in [6, 6.07) is -0.253. The van der Waals surface area contributed by atoms with Gasteiger partial charge >= 0.3 is 5.97 Å². The van der Waals surface area contributed by atoms with E-state index in [1.54, 1.807) is 6.92 Å². The van der Waals surface area contributed by atoms with Crippen LogP contribution in [-0.2, 0) is 14.3 Å². The van der Waals surface area contributed by atoms with Gasteiger partial charge in [-0.1, -0.05) is 6.92 Å². The summed E-state index contributed by atoms with van der Waals surface area (Å²) in [5, 5.41) is 11.3. The van der Waals surface area contributed by atoms with Gasteiger partial charge in [-0.15, -0.1) is 0 Å². The van der Waals surface area contributed by atoms with Gasteiger partial charge in [0.1, 0.15) is 0 Å². The second-order valence-electron chi connectivity index (χ2n) is 4.13. The van der Waals surface area contributed by atoms with Crippen LogP contribution in [0.15, 0.2) is 0 Å². The van der Waals surface area contributed by atoms with Gasteiger partial charge in [-0.3, -0.25) is 9.59 Å². The van der Waals surface area contributed by atoms with Gasteiger partial charge in [0, 0.05) is 12.6 Å². The van der Waals surface area contributed by atoms with Crippen molar-refractivity contribution in [3.05, 3.63) is 0 Å². The molecule has 6 heteroatoms. The zero-order valence-electron chi connectivity index (χ0n) is 9.31. The summed E-state index contributed by atoms with van der Waals surface area (Å²) in [5.74, 6) is -1.76. The van der Waals surface area contributed by atoms with Gasteiger partial charge in [0.25, 0.3) is 0 Å². The molecule has 3 unspecified atom stereocenters. The Balaban J connectivity index is 2.22. The number of hydrogen-bond acceptors (Lipinski definition) is 4. The molecule has 0 aliphatic carbocycles. The van der Waals surface area contributed by atoms with Crippen molar-refractivity contribution < 1.29 is 19.4 Å². The highest BCUT2D eigenvalue weighted by Crippen LogP contribution is 2.11. The van der Waals surface area contributed by atoms with Crippen molar-refractivity contribution in [1.82, 2.24) is 5.32 Å². The fourth-order valence-electron chi connectivity index (χ4n) is 1.51. The van der Waals surface area contributed by atoms with Crippen LogP contribution < -0.4 is 11.1 Å². The van der Waals surface area contributed by atoms with Crippen molar-refractivity contribution in [1.29, 1.82) is 0 Å². The molecule has 0 aromatic carbocycles. The van der Waals surface area contributed by atoms with Crippen LogP contribution in [0, 0.1) is 11.8 Å². The van der Waals surface area contributed by atoms with E-state index in [1.165, 1.54) is 0 Å². The predicted octanol–water partition coefficient (Wildman–Crippen LogP) is -0.813. The van der Waals surface area contributed by atoms with Gasteiger partial charge in [0.05, 0.1) is 25.0 Å². The van der Waals surface area contributed by atoms with Crippen molar-refractivity contribution >= 4 is 11.9 Å². The van der Waals surface area contributed by atoms with Crippen molar-refractivity contribution in [3.8, 4) is 0 Å². The average Bonchev–Trinajstić information content (AvgIpc) is 2.64. The van der Waals surface area contributed by atoms with Gasteiger partial charge in [-0.05, 0) is 6.42 Å². The van der Waals surface area contributed by atoms with Crippen molar-refractivity contribution in [3.63, 3.8) is 0 Å². The zero-order chi connectivity index (χ0) is 12.1. The smallest absolute Gasteiger partial charge is 0.306 e. The Morgan fingerprint density at radius 3 is 2.75 bits per heavy atom. The van der Waals surface area contributed by atoms with E-state index in [9.17, 15) is 9.59 Å². The summed E-state index contributed by atoms with van der Waals surface area (Å²) in [5.41, 5.74) is 5.68. The lowest BCUT2D eigenvalue weighted by Gasteiger charge is -2.14. The zero-order valence-corrected chi connectivity index (χ0v) is 9.31. The van der Waals surface area contributed by atoms with Crippen molar-refractivity contribution in [2.75, 3.05) is 19.8 Å². The van der Waals surface area contributed by atoms with Crippen LogP contribution in [0.2, 0.25) is 0 Å². The molecule has 16 heavy (non-hydrogen) atoms. The molecule has 0 aromatic rings. The summed E-state index contributed by atoms with van der Waals surface area (Å²) in [6.45, 7) is 2.72. The molecular weight excluding hydrogens is 212 g/mol. The van der Waals surface area contributed by atoms with E-state index < -0.39 is 11.9 Å². The molecule has 3 atom stereocenters. The molecular formula is C10H18N2O4. The number of carboxylic acids is 1. The van der Waals surface area contributed by atoms with Crippen LogP contribution in [0.4, 0.5) is 0 Å². The highest BCUT2D eigenvalue weighted by molar-refractivity contribution is 5.79. The minimum absolute atomic E-state index is 0.150. The van der Waals surface area contributed by atoms with Gasteiger partial charge in [-0.2, -0.15) is 0 Å². The van der Waals surface area contributed by atoms with E-state index in [-0.39, 0.29) is 17.9 Å². The standard InChI is InChI=1S/C10H18N2O4/c1-6(10(14)15)2-3-12-9(13)7-4-16-5-8(7)11/h6-8H,2-5,11H2,1H3,(H,12,13)(H,14,15). The number of amides is 1. The highest BCUT2D eigenvalue weighted by atomic mass is 16.5. The number of hydrogen-bond donors (Lipinski definition) is 3. The van der Waals surface area contributed by atoms with Crippen molar-refractivity contribution in [2.24, 2.45) is 17.6 Å². The average molecular weight is 230 g/mol. The number of ether oxygens (including phenoxy) is 1. The Morgan fingerprint density at radius 2 is 2.25 bits per heavy atom. The monoisotopic (exact) mass is 230 g/mol. The van der Waals surface area contributed by atoms with E-state index in [2.05, 4.69) is 5.32 Å². The summed E-state index contributed by atoms with van der Waals surface area (Å²) >= 11 is 0. The Labute approximate surface area is 94.1 Å². The predicted molar refractivity (Wildman–Crippen MR) is 56.7 cm³/mol. The number of carbonyl (C=O) groups is 2. The van der Waals surface area contributed by atoms with E-state index in [0.717, 1.165) is 0 Å². The van der Waals surface area contributed by atoms with Crippen LogP contribution in [0.5, 0.6) is 0 Å². The lowest BCUT2D eigenvalue weighted by Crippen LogP contribution is -2.41. The maximum absolute atomic E-state index is 11.6. The Kier molecular flexibility index (Phi) is 4.70. The quantitative estimate of drug-likeness (QED) is 0.573. The first-order chi connectivity index (χ1) is 7.52. The molecule has 1 heterocycles. The van der Waals surface area contributed by atoms with E-state index in [1.807, 2.05) is 0 Å². The van der Waals surface area contributed by atoms with Gasteiger partial charge in [-0.25, -0.2) is 0 Å². The van der Waals surface area contributed by atoms with Crippen molar-refractivity contribution in [2.45, 2.75) is 19.4 Å². The molecule has 0 spiro atoms. The summed E-state index contributed by atoms with van der Waals surface area (Å²) in [7, 11) is 0. The first-order valence-corrected chi connectivity index (χ1v) is 5.36. The lowest BCUT2D eigenvalue weighted by atomic mass is 10.0. The molecule has 1 fully saturated rings. The topological polar surface area (TPSA) is 102 Å². The fourth-order valence-corrected chi connectivity index (χ4v) is 1.51. The maximum Gasteiger partial charge on any atom is 0.306 e.